The average molecular weight is 696 g/mol. The van der Waals surface area contributed by atoms with Crippen molar-refractivity contribution < 1.29 is 9.47 Å². The van der Waals surface area contributed by atoms with Crippen LogP contribution < -0.4 is 90.3 Å². The number of nitrogens with zero attached hydrogens (tertiary/aromatic N) is 2. The van der Waals surface area contributed by atoms with Crippen LogP contribution in [0.2, 0.25) is 13.6 Å². The molecule has 0 aromatic heterocycles. The van der Waals surface area contributed by atoms with E-state index in [1.54, 1.807) is 0 Å². The smallest absolute Gasteiger partial charge is 0.252 e. The Hall–Kier alpha value is -5.94. The number of anilines is 6. The molecule has 0 aliphatic carbocycles. The van der Waals surface area contributed by atoms with Gasteiger partial charge in [0, 0.05) is 11.4 Å². The van der Waals surface area contributed by atoms with Gasteiger partial charge in [0.1, 0.15) is 0 Å². The molecule has 0 unspecified atom stereocenters. The monoisotopic (exact) mass is 696 g/mol. The maximum absolute atomic E-state index is 7.06. The fraction of sp³-hybridized carbons (Fsp3) is 0.0870. The summed E-state index contributed by atoms with van der Waals surface area (Å²) in [4.78, 5) is 5.32. The molecule has 0 atom stereocenters. The average Bonchev–Trinajstić information content (AvgIpc) is 3.19. The van der Waals surface area contributed by atoms with Gasteiger partial charge in [0.05, 0.1) is 22.7 Å². The molecule has 0 saturated heterocycles. The van der Waals surface area contributed by atoms with Crippen molar-refractivity contribution >= 4 is 139 Å². The number of hydrogen-bond acceptors (Lipinski definition) is 4. The molecule has 55 heavy (non-hydrogen) atoms. The van der Waals surface area contributed by atoms with Gasteiger partial charge in [0.25, 0.3) is 6.71 Å². The normalized spacial score (nSPS) is 16.0. The lowest BCUT2D eigenvalue weighted by Gasteiger charge is -2.54. The van der Waals surface area contributed by atoms with Crippen LogP contribution in [0.15, 0.2) is 103 Å². The van der Waals surface area contributed by atoms with Crippen LogP contribution in [0.1, 0.15) is 11.1 Å². The number of hydrogen-bond donors (Lipinski definition) is 0. The predicted octanol–water partition coefficient (Wildman–Crippen LogP) is 1.36. The van der Waals surface area contributed by atoms with Gasteiger partial charge in [0.2, 0.25) is 26.9 Å². The molecule has 15 rings (SSSR count). The van der Waals surface area contributed by atoms with Gasteiger partial charge in [-0.25, -0.2) is 0 Å². The van der Waals surface area contributed by atoms with Crippen molar-refractivity contribution in [2.45, 2.75) is 27.5 Å². The van der Waals surface area contributed by atoms with Gasteiger partial charge in [-0.05, 0) is 87.5 Å². The van der Waals surface area contributed by atoms with Crippen LogP contribution >= 0.6 is 0 Å². The summed E-state index contributed by atoms with van der Waals surface area (Å²) in [5.41, 5.74) is 28.3. The summed E-state index contributed by atoms with van der Waals surface area (Å²) in [5.74, 6) is 3.82. The molecule has 0 amide bonds. The SMILES string of the molecule is CB1c2ccccc2B2c3cc4c5c6c3N3c7c(cc(C)cc7B6c6cc(C)cc7c6N5c5c(ccc6c5B4c4ccccc4B6C)O7)Oc4ccc1c2c43. The molecule has 0 radical (unpaired) electrons. The highest BCUT2D eigenvalue weighted by Crippen LogP contribution is 2.56. The van der Waals surface area contributed by atoms with E-state index in [2.05, 4.69) is 140 Å². The zero-order valence-corrected chi connectivity index (χ0v) is 30.9. The topological polar surface area (TPSA) is 24.9 Å². The van der Waals surface area contributed by atoms with E-state index >= 15 is 0 Å². The number of ether oxygens (including phenoxy) is 2. The van der Waals surface area contributed by atoms with Gasteiger partial charge >= 0.3 is 0 Å². The summed E-state index contributed by atoms with van der Waals surface area (Å²) >= 11 is 0. The lowest BCUT2D eigenvalue weighted by molar-refractivity contribution is 0.477. The summed E-state index contributed by atoms with van der Waals surface area (Å²) in [5, 5.41) is 0. The molecule has 7 aromatic rings. The quantitative estimate of drug-likeness (QED) is 0.224. The first-order valence-electron chi connectivity index (χ1n) is 19.9. The first-order valence-corrected chi connectivity index (χ1v) is 19.9. The van der Waals surface area contributed by atoms with Crippen LogP contribution in [-0.2, 0) is 0 Å². The Morgan fingerprint density at radius 2 is 0.782 bits per heavy atom. The molecular formula is C46H29B5N2O2. The van der Waals surface area contributed by atoms with E-state index in [9.17, 15) is 0 Å². The van der Waals surface area contributed by atoms with Gasteiger partial charge in [-0.15, -0.1) is 0 Å². The maximum atomic E-state index is 7.06. The lowest BCUT2D eigenvalue weighted by atomic mass is 9.19. The third-order valence-electron chi connectivity index (χ3n) is 14.7. The zero-order valence-electron chi connectivity index (χ0n) is 30.9. The molecule has 8 heterocycles. The van der Waals surface area contributed by atoms with E-state index in [1.165, 1.54) is 116 Å². The highest BCUT2D eigenvalue weighted by Gasteiger charge is 2.57. The van der Waals surface area contributed by atoms with Crippen molar-refractivity contribution in [3.05, 3.63) is 114 Å². The molecule has 0 N–H and O–H groups in total. The van der Waals surface area contributed by atoms with E-state index in [0.29, 0.717) is 0 Å². The Morgan fingerprint density at radius 1 is 0.364 bits per heavy atom. The number of fused-ring (bicyclic) bond motifs is 8. The Bertz CT molecular complexity index is 2920. The lowest BCUT2D eigenvalue weighted by Crippen LogP contribution is -2.79. The molecule has 0 bridgehead atoms. The molecule has 8 aliphatic heterocycles. The zero-order chi connectivity index (χ0) is 35.9. The van der Waals surface area contributed by atoms with Crippen LogP contribution in [0.25, 0.3) is 0 Å². The van der Waals surface area contributed by atoms with Gasteiger partial charge in [-0.2, -0.15) is 0 Å². The fourth-order valence-electron chi connectivity index (χ4n) is 12.8. The number of rotatable bonds is 0. The fourth-order valence-corrected chi connectivity index (χ4v) is 12.8. The Morgan fingerprint density at radius 3 is 1.25 bits per heavy atom. The van der Waals surface area contributed by atoms with Crippen LogP contribution in [0.5, 0.6) is 23.0 Å². The third kappa shape index (κ3) is 2.95. The molecule has 9 heteroatoms. The van der Waals surface area contributed by atoms with E-state index in [4.69, 9.17) is 9.47 Å². The van der Waals surface area contributed by atoms with Crippen molar-refractivity contribution in [2.24, 2.45) is 0 Å². The summed E-state index contributed by atoms with van der Waals surface area (Å²) in [6.07, 6.45) is 0. The summed E-state index contributed by atoms with van der Waals surface area (Å²) in [6.45, 7) is 9.99. The summed E-state index contributed by atoms with van der Waals surface area (Å²) < 4.78 is 14.1. The van der Waals surface area contributed by atoms with Crippen molar-refractivity contribution in [3.8, 4) is 23.0 Å². The highest BCUT2D eigenvalue weighted by molar-refractivity contribution is 7.13. The van der Waals surface area contributed by atoms with E-state index in [1.807, 2.05) is 0 Å². The molecule has 8 aliphatic rings. The first-order chi connectivity index (χ1) is 27.0. The van der Waals surface area contributed by atoms with Crippen LogP contribution in [0, 0.1) is 13.8 Å². The minimum absolute atomic E-state index is 0.0128. The molecule has 0 fully saturated rings. The van der Waals surface area contributed by atoms with Crippen LogP contribution in [0.4, 0.5) is 34.1 Å². The highest BCUT2D eigenvalue weighted by atomic mass is 16.5. The first kappa shape index (κ1) is 28.5. The van der Waals surface area contributed by atoms with Crippen molar-refractivity contribution in [3.63, 3.8) is 0 Å². The Labute approximate surface area is 321 Å². The van der Waals surface area contributed by atoms with Gasteiger partial charge in [-0.1, -0.05) is 125 Å². The number of aryl methyl sites for hydroxylation is 2. The van der Waals surface area contributed by atoms with Crippen molar-refractivity contribution in [1.82, 2.24) is 0 Å². The van der Waals surface area contributed by atoms with Crippen molar-refractivity contribution in [1.29, 1.82) is 0 Å². The molecule has 250 valence electrons. The molecule has 4 nitrogen and oxygen atoms in total. The number of benzene rings is 7. The second-order valence-corrected chi connectivity index (χ2v) is 17.3. The molecule has 0 spiro atoms. The van der Waals surface area contributed by atoms with Gasteiger partial charge < -0.3 is 19.3 Å². The van der Waals surface area contributed by atoms with Gasteiger partial charge in [-0.3, -0.25) is 0 Å². The second kappa shape index (κ2) is 8.95. The van der Waals surface area contributed by atoms with E-state index in [0.717, 1.165) is 23.0 Å². The predicted molar refractivity (Wildman–Crippen MR) is 234 cm³/mol. The summed E-state index contributed by atoms with van der Waals surface area (Å²) in [6, 6.07) is 39.8. The summed E-state index contributed by atoms with van der Waals surface area (Å²) in [7, 11) is 0. The molecule has 7 aromatic carbocycles. The minimum Gasteiger partial charge on any atom is -0.453 e. The Kier molecular flexibility index (Phi) is 4.64. The van der Waals surface area contributed by atoms with E-state index < -0.39 is 0 Å². The minimum atomic E-state index is 0.0128. The van der Waals surface area contributed by atoms with Crippen LogP contribution in [-0.4, -0.2) is 33.6 Å². The Balaban J connectivity index is 1.18. The standard InChI is InChI=1S/C46H29B5N2O2/c1-22-17-30-41-36(19-22)54-34-15-13-28-38-45(34)52(41)43-32(49(38)26-11-7-5-9-24(26)47(28)3)21-33-44-40(43)51(30)31-18-23(2)20-37-42(31)53(44)46-35(55-37)16-14-29-39(46)50(33)27-12-8-6-10-25(27)48(29)4/h5-21H,1-4H3. The largest absolute Gasteiger partial charge is 0.453 e. The molecular weight excluding hydrogens is 667 g/mol. The van der Waals surface area contributed by atoms with Gasteiger partial charge in [0.15, 0.2) is 23.0 Å². The maximum Gasteiger partial charge on any atom is 0.252 e. The third-order valence-corrected chi connectivity index (χ3v) is 14.7. The second-order valence-electron chi connectivity index (χ2n) is 17.3. The van der Waals surface area contributed by atoms with Crippen molar-refractivity contribution in [2.75, 3.05) is 9.80 Å². The van der Waals surface area contributed by atoms with E-state index in [-0.39, 0.29) is 33.6 Å². The molecule has 0 saturated carbocycles. The van der Waals surface area contributed by atoms with Crippen LogP contribution in [0.3, 0.4) is 0 Å².